The number of anilines is 3. The van der Waals surface area contributed by atoms with Crippen molar-refractivity contribution in [3.05, 3.63) is 253 Å². The fraction of sp³-hybridized carbons (Fsp3) is 0.0169. The summed E-state index contributed by atoms with van der Waals surface area (Å²) < 4.78 is 9.09. The van der Waals surface area contributed by atoms with Gasteiger partial charge in [-0.2, -0.15) is 0 Å². The number of hydrogen-bond donors (Lipinski definition) is 0. The molecule has 62 heavy (non-hydrogen) atoms. The Kier molecular flexibility index (Phi) is 7.52. The third-order valence-corrected chi connectivity index (χ3v) is 13.2. The second-order valence-corrected chi connectivity index (χ2v) is 16.4. The Hall–Kier alpha value is -8.14. The van der Waals surface area contributed by atoms with Crippen LogP contribution in [0.5, 0.6) is 11.5 Å². The van der Waals surface area contributed by atoms with E-state index in [2.05, 4.69) is 240 Å². The van der Waals surface area contributed by atoms with Gasteiger partial charge < -0.3 is 14.2 Å². The highest BCUT2D eigenvalue weighted by molar-refractivity contribution is 6.11. The van der Waals surface area contributed by atoms with Crippen LogP contribution in [0.15, 0.2) is 231 Å². The molecule has 0 atom stereocenters. The van der Waals surface area contributed by atoms with Crippen molar-refractivity contribution in [2.75, 3.05) is 4.90 Å². The molecule has 2 aliphatic rings. The molecule has 0 fully saturated rings. The van der Waals surface area contributed by atoms with Crippen molar-refractivity contribution in [3.63, 3.8) is 0 Å². The summed E-state index contributed by atoms with van der Waals surface area (Å²) in [7, 11) is 0. The summed E-state index contributed by atoms with van der Waals surface area (Å²) in [5.74, 6) is 1.78. The second-order valence-electron chi connectivity index (χ2n) is 16.4. The summed E-state index contributed by atoms with van der Waals surface area (Å²) >= 11 is 0. The van der Waals surface area contributed by atoms with E-state index >= 15 is 0 Å². The summed E-state index contributed by atoms with van der Waals surface area (Å²) in [6.07, 6.45) is 0. The molecule has 0 saturated carbocycles. The quantitative estimate of drug-likeness (QED) is 0.173. The van der Waals surface area contributed by atoms with Crippen LogP contribution in [0.25, 0.3) is 60.5 Å². The second kappa shape index (κ2) is 13.4. The van der Waals surface area contributed by atoms with Crippen molar-refractivity contribution >= 4 is 49.6 Å². The minimum absolute atomic E-state index is 0.580. The monoisotopic (exact) mass is 790 g/mol. The topological polar surface area (TPSA) is 17.4 Å². The van der Waals surface area contributed by atoms with Gasteiger partial charge in [0.25, 0.3) is 0 Å². The Labute approximate surface area is 360 Å². The number of rotatable bonds is 5. The first kappa shape index (κ1) is 34.7. The zero-order valence-electron chi connectivity index (χ0n) is 33.7. The molecule has 1 aliphatic carbocycles. The lowest BCUT2D eigenvalue weighted by atomic mass is 9.66. The van der Waals surface area contributed by atoms with Crippen LogP contribution in [0.3, 0.4) is 0 Å². The molecule has 0 amide bonds. The number of ether oxygens (including phenoxy) is 1. The maximum Gasteiger partial charge on any atom is 0.132 e. The molecule has 11 aromatic rings. The van der Waals surface area contributed by atoms with Crippen LogP contribution < -0.4 is 9.64 Å². The first-order valence-electron chi connectivity index (χ1n) is 21.3. The van der Waals surface area contributed by atoms with E-state index in [9.17, 15) is 0 Å². The number of benzene rings is 10. The van der Waals surface area contributed by atoms with Crippen molar-refractivity contribution in [3.8, 4) is 39.4 Å². The normalized spacial score (nSPS) is 13.1. The third kappa shape index (κ3) is 4.88. The Morgan fingerprint density at radius 2 is 0.984 bits per heavy atom. The van der Waals surface area contributed by atoms with Crippen LogP contribution in [-0.4, -0.2) is 4.57 Å². The molecule has 3 heteroatoms. The molecule has 290 valence electrons. The lowest BCUT2D eigenvalue weighted by Gasteiger charge is -2.39. The average Bonchev–Trinajstić information content (AvgIpc) is 3.83. The van der Waals surface area contributed by atoms with Crippen molar-refractivity contribution in [2.45, 2.75) is 5.41 Å². The van der Waals surface area contributed by atoms with E-state index in [1.165, 1.54) is 60.4 Å². The van der Waals surface area contributed by atoms with Crippen molar-refractivity contribution in [1.29, 1.82) is 0 Å². The standard InChI is InChI=1S/C59H38N2O/c1-3-17-39(18-4-1)44-22-9-13-27-53(44)60(43-33-36-55-47(37-43)46-24-10-14-28-54(46)61(55)41-20-5-2-6-21-41)42-32-35-49-48(38-42)58-45-23-8-7-19-40(45)31-34-52(58)59(49)50-25-11-15-29-56(50)62-57-30-16-12-26-51(57)59/h1-38H. The van der Waals surface area contributed by atoms with Gasteiger partial charge >= 0.3 is 0 Å². The first-order valence-corrected chi connectivity index (χ1v) is 21.3. The van der Waals surface area contributed by atoms with Gasteiger partial charge in [0.2, 0.25) is 0 Å². The van der Waals surface area contributed by atoms with E-state index in [1.807, 2.05) is 0 Å². The molecule has 1 aromatic heterocycles. The number of aromatic nitrogens is 1. The number of fused-ring (bicyclic) bond motifs is 14. The van der Waals surface area contributed by atoms with Gasteiger partial charge in [-0.05, 0) is 105 Å². The van der Waals surface area contributed by atoms with Crippen molar-refractivity contribution in [1.82, 2.24) is 4.57 Å². The molecule has 0 N–H and O–H groups in total. The van der Waals surface area contributed by atoms with Gasteiger partial charge in [0, 0.05) is 44.5 Å². The number of nitrogens with zero attached hydrogens (tertiary/aromatic N) is 2. The minimum Gasteiger partial charge on any atom is -0.457 e. The lowest BCUT2D eigenvalue weighted by Crippen LogP contribution is -2.32. The highest BCUT2D eigenvalue weighted by Gasteiger charge is 2.51. The Balaban J connectivity index is 1.11. The van der Waals surface area contributed by atoms with Crippen molar-refractivity contribution < 1.29 is 4.74 Å². The summed E-state index contributed by atoms with van der Waals surface area (Å²) in [4.78, 5) is 2.47. The first-order chi connectivity index (χ1) is 30.8. The van der Waals surface area contributed by atoms with E-state index < -0.39 is 5.41 Å². The highest BCUT2D eigenvalue weighted by Crippen LogP contribution is 2.63. The molecule has 0 saturated heterocycles. The van der Waals surface area contributed by atoms with Gasteiger partial charge in [0.05, 0.1) is 22.1 Å². The van der Waals surface area contributed by atoms with E-state index in [4.69, 9.17) is 4.74 Å². The molecule has 1 spiro atoms. The third-order valence-electron chi connectivity index (χ3n) is 13.2. The predicted molar refractivity (Wildman–Crippen MR) is 256 cm³/mol. The molecule has 3 nitrogen and oxygen atoms in total. The maximum atomic E-state index is 6.70. The molecule has 2 heterocycles. The number of hydrogen-bond acceptors (Lipinski definition) is 2. The molecule has 1 aliphatic heterocycles. The van der Waals surface area contributed by atoms with Gasteiger partial charge in [-0.3, -0.25) is 0 Å². The van der Waals surface area contributed by atoms with Crippen LogP contribution in [0.4, 0.5) is 17.1 Å². The van der Waals surface area contributed by atoms with Gasteiger partial charge in [-0.15, -0.1) is 0 Å². The van der Waals surface area contributed by atoms with E-state index in [1.54, 1.807) is 0 Å². The van der Waals surface area contributed by atoms with E-state index in [-0.39, 0.29) is 0 Å². The molecule has 13 rings (SSSR count). The predicted octanol–water partition coefficient (Wildman–Crippen LogP) is 15.5. The van der Waals surface area contributed by atoms with Gasteiger partial charge in [0.1, 0.15) is 11.5 Å². The summed E-state index contributed by atoms with van der Waals surface area (Å²) in [6, 6.07) is 84.0. The number of para-hydroxylation sites is 5. The fourth-order valence-electron chi connectivity index (χ4n) is 10.7. The van der Waals surface area contributed by atoms with E-state index in [0.29, 0.717) is 0 Å². The fourth-order valence-corrected chi connectivity index (χ4v) is 10.7. The van der Waals surface area contributed by atoms with Gasteiger partial charge in [-0.25, -0.2) is 0 Å². The van der Waals surface area contributed by atoms with Crippen LogP contribution in [0, 0.1) is 0 Å². The van der Waals surface area contributed by atoms with Crippen LogP contribution >= 0.6 is 0 Å². The SMILES string of the molecule is c1ccc(-c2ccccc2N(c2ccc3c(c2)-c2c(ccc4ccccc24)C32c3ccccc3Oc3ccccc32)c2ccc3c(c2)c2ccccc2n3-c2ccccc2)cc1. The molecule has 10 aromatic carbocycles. The van der Waals surface area contributed by atoms with Crippen LogP contribution in [0.1, 0.15) is 22.3 Å². The summed E-state index contributed by atoms with van der Waals surface area (Å²) in [5, 5.41) is 4.89. The van der Waals surface area contributed by atoms with Gasteiger partial charge in [0.15, 0.2) is 0 Å². The molecule has 0 radical (unpaired) electrons. The zero-order valence-corrected chi connectivity index (χ0v) is 33.7. The minimum atomic E-state index is -0.580. The molecular formula is C59H38N2O. The average molecular weight is 791 g/mol. The Bertz CT molecular complexity index is 3520. The summed E-state index contributed by atoms with van der Waals surface area (Å²) in [6.45, 7) is 0. The Morgan fingerprint density at radius 1 is 0.387 bits per heavy atom. The Morgan fingerprint density at radius 3 is 1.79 bits per heavy atom. The van der Waals surface area contributed by atoms with Crippen LogP contribution in [0.2, 0.25) is 0 Å². The van der Waals surface area contributed by atoms with Gasteiger partial charge in [-0.1, -0.05) is 164 Å². The maximum absolute atomic E-state index is 6.70. The lowest BCUT2D eigenvalue weighted by molar-refractivity contribution is 0.436. The smallest absolute Gasteiger partial charge is 0.132 e. The molecule has 0 bridgehead atoms. The largest absolute Gasteiger partial charge is 0.457 e. The van der Waals surface area contributed by atoms with Crippen molar-refractivity contribution in [2.24, 2.45) is 0 Å². The van der Waals surface area contributed by atoms with E-state index in [0.717, 1.165) is 50.9 Å². The molecule has 0 unspecified atom stereocenters. The molecular weight excluding hydrogens is 753 g/mol. The zero-order chi connectivity index (χ0) is 40.8. The summed E-state index contributed by atoms with van der Waals surface area (Å²) in [5.41, 5.74) is 15.9. The highest BCUT2D eigenvalue weighted by atomic mass is 16.5. The van der Waals surface area contributed by atoms with Crippen LogP contribution in [-0.2, 0) is 5.41 Å².